The first-order chi connectivity index (χ1) is 9.69. The van der Waals surface area contributed by atoms with Gasteiger partial charge in [-0.25, -0.2) is 4.98 Å². The lowest BCUT2D eigenvalue weighted by atomic mass is 9.94. The Morgan fingerprint density at radius 3 is 2.75 bits per heavy atom. The van der Waals surface area contributed by atoms with Gasteiger partial charge in [-0.15, -0.1) is 11.3 Å². The zero-order valence-electron chi connectivity index (χ0n) is 11.9. The van der Waals surface area contributed by atoms with E-state index in [1.165, 1.54) is 35.8 Å². The van der Waals surface area contributed by atoms with Crippen molar-refractivity contribution < 1.29 is 0 Å². The third-order valence-corrected chi connectivity index (χ3v) is 5.91. The molecule has 0 unspecified atom stereocenters. The molecule has 0 aliphatic carbocycles. The van der Waals surface area contributed by atoms with E-state index in [-0.39, 0.29) is 0 Å². The van der Waals surface area contributed by atoms with Gasteiger partial charge in [0, 0.05) is 24.2 Å². The standard InChI is InChI=1S/C14H20N4S2/c1-3-10-4-6-18(7-5-10)14-11(12(15)17-20-14)13-16-9(2)8-19-13/h8,10H,3-7H2,1-2H3,(H2,15,17). The number of nitrogens with zero attached hydrogens (tertiary/aromatic N) is 3. The van der Waals surface area contributed by atoms with Gasteiger partial charge in [0.2, 0.25) is 0 Å². The molecule has 2 aromatic rings. The van der Waals surface area contributed by atoms with Crippen LogP contribution in [-0.2, 0) is 0 Å². The molecule has 1 saturated heterocycles. The maximum atomic E-state index is 6.08. The third kappa shape index (κ3) is 2.54. The van der Waals surface area contributed by atoms with Crippen molar-refractivity contribution in [3.63, 3.8) is 0 Å². The fourth-order valence-corrected chi connectivity index (χ4v) is 4.51. The van der Waals surface area contributed by atoms with Crippen LogP contribution < -0.4 is 10.6 Å². The minimum Gasteiger partial charge on any atom is -0.382 e. The Balaban J connectivity index is 1.88. The van der Waals surface area contributed by atoms with Gasteiger partial charge in [0.25, 0.3) is 0 Å². The number of rotatable bonds is 3. The maximum Gasteiger partial charge on any atom is 0.149 e. The molecule has 20 heavy (non-hydrogen) atoms. The van der Waals surface area contributed by atoms with Gasteiger partial charge in [0.15, 0.2) is 0 Å². The highest BCUT2D eigenvalue weighted by molar-refractivity contribution is 7.15. The highest BCUT2D eigenvalue weighted by atomic mass is 32.1. The van der Waals surface area contributed by atoms with Gasteiger partial charge >= 0.3 is 0 Å². The van der Waals surface area contributed by atoms with Crippen LogP contribution >= 0.6 is 22.9 Å². The molecule has 108 valence electrons. The van der Waals surface area contributed by atoms with Gasteiger partial charge < -0.3 is 10.6 Å². The van der Waals surface area contributed by atoms with Crippen molar-refractivity contribution in [2.45, 2.75) is 33.1 Å². The first-order valence-electron chi connectivity index (χ1n) is 7.11. The second-order valence-electron chi connectivity index (χ2n) is 5.38. The minimum atomic E-state index is 0.622. The predicted octanol–water partition coefficient (Wildman–Crippen LogP) is 3.78. The van der Waals surface area contributed by atoms with E-state index < -0.39 is 0 Å². The topological polar surface area (TPSA) is 55.0 Å². The van der Waals surface area contributed by atoms with Gasteiger partial charge in [0.1, 0.15) is 15.8 Å². The zero-order chi connectivity index (χ0) is 14.1. The van der Waals surface area contributed by atoms with E-state index in [1.807, 2.05) is 6.92 Å². The SMILES string of the molecule is CCC1CCN(c2snc(N)c2-c2nc(C)cs2)CC1. The molecule has 1 aliphatic heterocycles. The van der Waals surface area contributed by atoms with Crippen LogP contribution in [0.5, 0.6) is 0 Å². The summed E-state index contributed by atoms with van der Waals surface area (Å²) in [5.41, 5.74) is 8.17. The molecule has 3 heterocycles. The summed E-state index contributed by atoms with van der Waals surface area (Å²) in [4.78, 5) is 7.02. The molecule has 2 N–H and O–H groups in total. The molecular formula is C14H20N4S2. The van der Waals surface area contributed by atoms with Crippen LogP contribution in [0.2, 0.25) is 0 Å². The summed E-state index contributed by atoms with van der Waals surface area (Å²) in [5.74, 6) is 1.50. The minimum absolute atomic E-state index is 0.622. The second-order valence-corrected chi connectivity index (χ2v) is 6.99. The van der Waals surface area contributed by atoms with Crippen LogP contribution in [-0.4, -0.2) is 22.4 Å². The Morgan fingerprint density at radius 1 is 1.40 bits per heavy atom. The van der Waals surface area contributed by atoms with Crippen molar-refractivity contribution >= 4 is 33.7 Å². The summed E-state index contributed by atoms with van der Waals surface area (Å²) in [6.45, 7) is 6.52. The number of hydrogen-bond acceptors (Lipinski definition) is 6. The normalized spacial score (nSPS) is 16.8. The molecule has 3 rings (SSSR count). The summed E-state index contributed by atoms with van der Waals surface area (Å²) < 4.78 is 4.36. The Hall–Kier alpha value is -1.14. The number of thiazole rings is 1. The van der Waals surface area contributed by atoms with E-state index >= 15 is 0 Å². The van der Waals surface area contributed by atoms with Crippen LogP contribution in [0.25, 0.3) is 10.6 Å². The van der Waals surface area contributed by atoms with Crippen LogP contribution in [0.1, 0.15) is 31.9 Å². The fourth-order valence-electron chi connectivity index (χ4n) is 2.72. The number of nitrogen functional groups attached to an aromatic ring is 1. The molecule has 0 radical (unpaired) electrons. The lowest BCUT2D eigenvalue weighted by Gasteiger charge is -2.32. The molecule has 0 atom stereocenters. The van der Waals surface area contributed by atoms with Crippen LogP contribution in [0.4, 0.5) is 10.8 Å². The van der Waals surface area contributed by atoms with E-state index in [0.29, 0.717) is 5.82 Å². The zero-order valence-corrected chi connectivity index (χ0v) is 13.6. The van der Waals surface area contributed by atoms with Gasteiger partial charge in [-0.1, -0.05) is 13.3 Å². The summed E-state index contributed by atoms with van der Waals surface area (Å²) >= 11 is 3.17. The van der Waals surface area contributed by atoms with Crippen molar-refractivity contribution in [3.05, 3.63) is 11.1 Å². The van der Waals surface area contributed by atoms with Crippen LogP contribution in [0.15, 0.2) is 5.38 Å². The first kappa shape index (κ1) is 13.8. The second kappa shape index (κ2) is 5.69. The maximum absolute atomic E-state index is 6.08. The van der Waals surface area contributed by atoms with E-state index in [0.717, 1.165) is 35.3 Å². The van der Waals surface area contributed by atoms with Crippen LogP contribution in [0.3, 0.4) is 0 Å². The number of nitrogens with two attached hydrogens (primary N) is 1. The average molecular weight is 308 g/mol. The lowest BCUT2D eigenvalue weighted by molar-refractivity contribution is 0.396. The Labute approximate surface area is 127 Å². The van der Waals surface area contributed by atoms with Crippen molar-refractivity contribution in [2.75, 3.05) is 23.7 Å². The van der Waals surface area contributed by atoms with Gasteiger partial charge in [-0.05, 0) is 37.2 Å². The summed E-state index contributed by atoms with van der Waals surface area (Å²) in [6, 6.07) is 0. The van der Waals surface area contributed by atoms with Crippen LogP contribution in [0, 0.1) is 12.8 Å². The van der Waals surface area contributed by atoms with Crippen molar-refractivity contribution in [2.24, 2.45) is 5.92 Å². The Morgan fingerprint density at radius 2 is 2.15 bits per heavy atom. The molecule has 0 spiro atoms. The smallest absolute Gasteiger partial charge is 0.149 e. The molecule has 0 bridgehead atoms. The molecule has 2 aromatic heterocycles. The van der Waals surface area contributed by atoms with Crippen molar-refractivity contribution in [3.8, 4) is 10.6 Å². The summed E-state index contributed by atoms with van der Waals surface area (Å²) in [7, 11) is 0. The summed E-state index contributed by atoms with van der Waals surface area (Å²) in [6.07, 6.45) is 3.83. The van der Waals surface area contributed by atoms with E-state index in [1.54, 1.807) is 11.3 Å². The molecule has 1 fully saturated rings. The van der Waals surface area contributed by atoms with Gasteiger partial charge in [-0.2, -0.15) is 4.37 Å². The number of aromatic nitrogens is 2. The molecular weight excluding hydrogens is 288 g/mol. The molecule has 0 aromatic carbocycles. The van der Waals surface area contributed by atoms with Crippen molar-refractivity contribution in [1.29, 1.82) is 0 Å². The van der Waals surface area contributed by atoms with E-state index in [2.05, 4.69) is 26.6 Å². The highest BCUT2D eigenvalue weighted by Gasteiger charge is 2.25. The molecule has 4 nitrogen and oxygen atoms in total. The van der Waals surface area contributed by atoms with Crippen molar-refractivity contribution in [1.82, 2.24) is 9.36 Å². The number of anilines is 2. The molecule has 6 heteroatoms. The highest BCUT2D eigenvalue weighted by Crippen LogP contribution is 2.41. The summed E-state index contributed by atoms with van der Waals surface area (Å²) in [5, 5.41) is 4.27. The van der Waals surface area contributed by atoms with E-state index in [9.17, 15) is 0 Å². The lowest BCUT2D eigenvalue weighted by Crippen LogP contribution is -2.33. The average Bonchev–Trinajstić information content (AvgIpc) is 3.05. The predicted molar refractivity (Wildman–Crippen MR) is 87.6 cm³/mol. The number of piperidine rings is 1. The Bertz CT molecular complexity index is 582. The largest absolute Gasteiger partial charge is 0.382 e. The van der Waals surface area contributed by atoms with Gasteiger partial charge in [-0.3, -0.25) is 0 Å². The van der Waals surface area contributed by atoms with Gasteiger partial charge in [0.05, 0.1) is 5.56 Å². The third-order valence-electron chi connectivity index (χ3n) is 4.01. The Kier molecular flexibility index (Phi) is 3.94. The fraction of sp³-hybridized carbons (Fsp3) is 0.571. The monoisotopic (exact) mass is 308 g/mol. The number of aryl methyl sites for hydroxylation is 1. The molecule has 1 aliphatic rings. The quantitative estimate of drug-likeness (QED) is 0.937. The molecule has 0 amide bonds. The van der Waals surface area contributed by atoms with E-state index in [4.69, 9.17) is 5.73 Å². The first-order valence-corrected chi connectivity index (χ1v) is 8.77. The molecule has 0 saturated carbocycles. The number of hydrogen-bond donors (Lipinski definition) is 1.